The van der Waals surface area contributed by atoms with E-state index in [1.807, 2.05) is 23.1 Å². The average Bonchev–Trinajstić information content (AvgIpc) is 2.65. The number of hydrogen-bond acceptors (Lipinski definition) is 5. The zero-order valence-corrected chi connectivity index (χ0v) is 17.0. The first-order valence-corrected chi connectivity index (χ1v) is 10.0. The van der Waals surface area contributed by atoms with Gasteiger partial charge >= 0.3 is 0 Å². The number of fused-ring (bicyclic) bond motifs is 1. The molecule has 0 spiro atoms. The molecule has 1 aromatic carbocycles. The zero-order chi connectivity index (χ0) is 18.5. The van der Waals surface area contributed by atoms with Crippen LogP contribution in [0.1, 0.15) is 26.2 Å². The van der Waals surface area contributed by atoms with Gasteiger partial charge in [-0.15, -0.1) is 0 Å². The number of piperazine rings is 1. The fraction of sp³-hybridized carbons (Fsp3) is 0.526. The fourth-order valence-corrected chi connectivity index (χ4v) is 3.58. The van der Waals surface area contributed by atoms with Crippen molar-refractivity contribution in [1.29, 1.82) is 0 Å². The zero-order valence-electron chi connectivity index (χ0n) is 15.4. The van der Waals surface area contributed by atoms with Crippen LogP contribution in [0.15, 0.2) is 29.0 Å². The number of nitrogens with zero attached hydrogens (tertiary/aromatic N) is 4. The summed E-state index contributed by atoms with van der Waals surface area (Å²) in [5.74, 6) is 0.896. The minimum absolute atomic E-state index is 0.174. The molecule has 1 fully saturated rings. The predicted molar refractivity (Wildman–Crippen MR) is 108 cm³/mol. The molecule has 1 aliphatic heterocycles. The van der Waals surface area contributed by atoms with Crippen LogP contribution >= 0.6 is 15.9 Å². The number of benzene rings is 1. The Labute approximate surface area is 163 Å². The van der Waals surface area contributed by atoms with E-state index in [9.17, 15) is 4.79 Å². The molecule has 0 aliphatic carbocycles. The molecule has 3 rings (SSSR count). The lowest BCUT2D eigenvalue weighted by molar-refractivity contribution is -0.133. The van der Waals surface area contributed by atoms with Crippen molar-refractivity contribution >= 4 is 38.6 Å². The first kappa shape index (κ1) is 19.0. The Hall–Kier alpha value is -1.73. The van der Waals surface area contributed by atoms with Crippen LogP contribution in [0, 0.1) is 0 Å². The van der Waals surface area contributed by atoms with Crippen LogP contribution in [0.25, 0.3) is 10.9 Å². The lowest BCUT2D eigenvalue weighted by Gasteiger charge is -2.35. The molecule has 140 valence electrons. The van der Waals surface area contributed by atoms with Crippen molar-refractivity contribution < 1.29 is 4.79 Å². The van der Waals surface area contributed by atoms with Gasteiger partial charge in [0, 0.05) is 36.0 Å². The Balaban J connectivity index is 1.82. The van der Waals surface area contributed by atoms with E-state index in [0.29, 0.717) is 0 Å². The second-order valence-electron chi connectivity index (χ2n) is 6.85. The van der Waals surface area contributed by atoms with Crippen LogP contribution in [0.3, 0.4) is 0 Å². The Morgan fingerprint density at radius 1 is 1.27 bits per heavy atom. The molecule has 1 aromatic heterocycles. The van der Waals surface area contributed by atoms with Gasteiger partial charge in [0.2, 0.25) is 5.91 Å². The van der Waals surface area contributed by atoms with E-state index >= 15 is 0 Å². The molecule has 1 aliphatic rings. The number of unbranched alkanes of at least 4 members (excludes halogenated alkanes) is 1. The maximum atomic E-state index is 13.1. The molecular weight excluding hydrogens is 394 g/mol. The molecule has 0 saturated carbocycles. The quantitative estimate of drug-likeness (QED) is 0.778. The maximum Gasteiger partial charge on any atom is 0.245 e. The van der Waals surface area contributed by atoms with Gasteiger partial charge in [-0.1, -0.05) is 35.7 Å². The second kappa shape index (κ2) is 8.77. The smallest absolute Gasteiger partial charge is 0.245 e. The van der Waals surface area contributed by atoms with Crippen LogP contribution in [0.2, 0.25) is 0 Å². The van der Waals surface area contributed by atoms with E-state index < -0.39 is 0 Å². The van der Waals surface area contributed by atoms with Gasteiger partial charge in [-0.2, -0.15) is 0 Å². The highest BCUT2D eigenvalue weighted by Gasteiger charge is 2.27. The molecule has 6 nitrogen and oxygen atoms in total. The Morgan fingerprint density at radius 2 is 2.04 bits per heavy atom. The highest BCUT2D eigenvalue weighted by atomic mass is 79.9. The molecule has 1 unspecified atom stereocenters. The van der Waals surface area contributed by atoms with Gasteiger partial charge < -0.3 is 15.1 Å². The topological polar surface area (TPSA) is 61.4 Å². The molecule has 2 aromatic rings. The maximum absolute atomic E-state index is 13.1. The van der Waals surface area contributed by atoms with Gasteiger partial charge in [0.05, 0.1) is 5.52 Å². The van der Waals surface area contributed by atoms with Gasteiger partial charge in [-0.05, 0) is 31.7 Å². The van der Waals surface area contributed by atoms with Crippen LogP contribution in [-0.4, -0.2) is 64.9 Å². The third-order valence-corrected chi connectivity index (χ3v) is 5.36. The van der Waals surface area contributed by atoms with E-state index in [0.717, 1.165) is 66.6 Å². The van der Waals surface area contributed by atoms with Crippen LogP contribution in [0.4, 0.5) is 5.82 Å². The number of nitrogens with one attached hydrogen (secondary N) is 1. The molecule has 1 N–H and O–H groups in total. The third kappa shape index (κ3) is 4.51. The summed E-state index contributed by atoms with van der Waals surface area (Å²) in [5.41, 5.74) is 0.868. The highest BCUT2D eigenvalue weighted by Crippen LogP contribution is 2.24. The molecule has 1 saturated heterocycles. The number of aromatic nitrogens is 2. The van der Waals surface area contributed by atoms with Crippen molar-refractivity contribution in [1.82, 2.24) is 19.8 Å². The third-order valence-electron chi connectivity index (χ3n) is 4.87. The van der Waals surface area contributed by atoms with Crippen molar-refractivity contribution in [3.8, 4) is 0 Å². The fourth-order valence-electron chi connectivity index (χ4n) is 3.22. The summed E-state index contributed by atoms with van der Waals surface area (Å²) in [7, 11) is 2.10. The normalized spacial score (nSPS) is 16.7. The van der Waals surface area contributed by atoms with E-state index in [-0.39, 0.29) is 11.9 Å². The van der Waals surface area contributed by atoms with Gasteiger partial charge in [0.25, 0.3) is 0 Å². The Bertz CT molecular complexity index is 761. The second-order valence-corrected chi connectivity index (χ2v) is 7.77. The van der Waals surface area contributed by atoms with E-state index in [2.05, 4.69) is 50.1 Å². The largest absolute Gasteiger partial charge is 0.358 e. The first-order valence-electron chi connectivity index (χ1n) is 9.22. The van der Waals surface area contributed by atoms with Crippen LogP contribution in [0.5, 0.6) is 0 Å². The molecule has 1 atom stereocenters. The lowest BCUT2D eigenvalue weighted by atomic mass is 10.1. The molecule has 1 amide bonds. The standard InChI is InChI=1S/C19H26BrN5O/c1-3-4-5-17(19(26)25-10-8-24(2)9-11-25)23-18-15-12-14(20)6-7-16(15)21-13-22-18/h6-7,12-13,17H,3-5,8-11H2,1-2H3,(H,21,22,23). The average molecular weight is 420 g/mol. The number of amides is 1. The van der Waals surface area contributed by atoms with E-state index in [1.165, 1.54) is 0 Å². The molecule has 7 heteroatoms. The number of halogens is 1. The van der Waals surface area contributed by atoms with E-state index in [1.54, 1.807) is 6.33 Å². The van der Waals surface area contributed by atoms with Crippen LogP contribution in [-0.2, 0) is 4.79 Å². The molecule has 26 heavy (non-hydrogen) atoms. The highest BCUT2D eigenvalue weighted by molar-refractivity contribution is 9.10. The minimum atomic E-state index is -0.254. The summed E-state index contributed by atoms with van der Waals surface area (Å²) in [5, 5.41) is 4.34. The van der Waals surface area contributed by atoms with Gasteiger partial charge in [-0.3, -0.25) is 4.79 Å². The predicted octanol–water partition coefficient (Wildman–Crippen LogP) is 3.14. The number of carbonyl (C=O) groups excluding carboxylic acids is 1. The van der Waals surface area contributed by atoms with Crippen molar-refractivity contribution in [2.45, 2.75) is 32.2 Å². The number of hydrogen-bond donors (Lipinski definition) is 1. The molecule has 2 heterocycles. The minimum Gasteiger partial charge on any atom is -0.358 e. The van der Waals surface area contributed by atoms with Gasteiger partial charge in [-0.25, -0.2) is 9.97 Å². The summed E-state index contributed by atoms with van der Waals surface area (Å²) in [6.45, 7) is 5.57. The SMILES string of the molecule is CCCCC(Nc1ncnc2ccc(Br)cc12)C(=O)N1CCN(C)CC1. The summed E-state index contributed by atoms with van der Waals surface area (Å²) in [4.78, 5) is 26.1. The van der Waals surface area contributed by atoms with Gasteiger partial charge in [0.1, 0.15) is 18.2 Å². The van der Waals surface area contributed by atoms with E-state index in [4.69, 9.17) is 0 Å². The van der Waals surface area contributed by atoms with Crippen molar-refractivity contribution in [2.75, 3.05) is 38.5 Å². The molecule has 0 bridgehead atoms. The number of carbonyl (C=O) groups is 1. The summed E-state index contributed by atoms with van der Waals surface area (Å²) >= 11 is 3.51. The Morgan fingerprint density at radius 3 is 2.77 bits per heavy atom. The van der Waals surface area contributed by atoms with Gasteiger partial charge in [0.15, 0.2) is 0 Å². The molecule has 0 radical (unpaired) electrons. The summed E-state index contributed by atoms with van der Waals surface area (Å²) in [6.07, 6.45) is 4.42. The van der Waals surface area contributed by atoms with Crippen molar-refractivity contribution in [3.05, 3.63) is 29.0 Å². The van der Waals surface area contributed by atoms with Crippen molar-refractivity contribution in [2.24, 2.45) is 0 Å². The van der Waals surface area contributed by atoms with Crippen LogP contribution < -0.4 is 5.32 Å². The Kier molecular flexibility index (Phi) is 6.43. The number of anilines is 1. The summed E-state index contributed by atoms with van der Waals surface area (Å²) < 4.78 is 0.971. The lowest BCUT2D eigenvalue weighted by Crippen LogP contribution is -2.51. The number of likely N-dealkylation sites (N-methyl/N-ethyl adjacent to an activating group) is 1. The first-order chi connectivity index (χ1) is 12.6. The molecular formula is C19H26BrN5O. The summed E-state index contributed by atoms with van der Waals surface area (Å²) in [6, 6.07) is 5.66. The number of rotatable bonds is 6. The monoisotopic (exact) mass is 419 g/mol. The van der Waals surface area contributed by atoms with Crippen molar-refractivity contribution in [3.63, 3.8) is 0 Å².